The van der Waals surface area contributed by atoms with Gasteiger partial charge in [-0.15, -0.1) is 0 Å². The van der Waals surface area contributed by atoms with E-state index >= 15 is 0 Å². The second-order valence-corrected chi connectivity index (χ2v) is 10.5. The summed E-state index contributed by atoms with van der Waals surface area (Å²) in [6.07, 6.45) is 3.22. The van der Waals surface area contributed by atoms with Gasteiger partial charge in [0, 0.05) is 36.9 Å². The summed E-state index contributed by atoms with van der Waals surface area (Å²) in [6, 6.07) is 8.15. The lowest BCUT2D eigenvalue weighted by atomic mass is 10.0. The Morgan fingerprint density at radius 1 is 1.27 bits per heavy atom. The minimum atomic E-state index is -1.12. The van der Waals surface area contributed by atoms with Crippen LogP contribution < -0.4 is 15.4 Å². The highest BCUT2D eigenvalue weighted by atomic mass is 35.5. The molecule has 0 radical (unpaired) electrons. The largest absolute Gasteiger partial charge is 0.494 e. The van der Waals surface area contributed by atoms with Crippen LogP contribution in [0.25, 0.3) is 11.3 Å². The number of hydrogen-bond acceptors (Lipinski definition) is 8. The van der Waals surface area contributed by atoms with Crippen molar-refractivity contribution >= 4 is 29.4 Å². The number of halogens is 2. The zero-order valence-corrected chi connectivity index (χ0v) is 23.4. The minimum Gasteiger partial charge on any atom is -0.494 e. The lowest BCUT2D eigenvalue weighted by Crippen LogP contribution is -2.49. The summed E-state index contributed by atoms with van der Waals surface area (Å²) < 4.78 is 24.3. The molecule has 3 heterocycles. The van der Waals surface area contributed by atoms with Gasteiger partial charge in [0.15, 0.2) is 11.6 Å². The number of aliphatic hydroxyl groups is 1. The van der Waals surface area contributed by atoms with Crippen molar-refractivity contribution in [1.29, 1.82) is 0 Å². The van der Waals surface area contributed by atoms with Crippen molar-refractivity contribution in [2.75, 3.05) is 32.2 Å². The third kappa shape index (κ3) is 6.12. The standard InChI is InChI=1S/C29H31ClFN5O5/c1-16(17-5-6-23(31)25(12-17)40-2)33-27(38)24(15-37)36-14-19-4-3-18(11-21(19)28(36)39)26-22(30)13-32-29(35-26)34-20-7-9-41-10-8-20/h3-6,11-13,16,20,24,37H,7-10,14-15H2,1-2H3,(H,33,38)(H,32,34,35)/t16-,24-/m1/s1. The molecule has 216 valence electrons. The van der Waals surface area contributed by atoms with Gasteiger partial charge in [0.25, 0.3) is 5.91 Å². The average Bonchev–Trinajstić information content (AvgIpc) is 3.30. The number of carbonyl (C=O) groups is 2. The maximum atomic E-state index is 13.8. The summed E-state index contributed by atoms with van der Waals surface area (Å²) in [7, 11) is 1.36. The number of nitrogens with zero attached hydrogens (tertiary/aromatic N) is 3. The van der Waals surface area contributed by atoms with E-state index in [1.165, 1.54) is 36.4 Å². The quantitative estimate of drug-likeness (QED) is 0.348. The number of carbonyl (C=O) groups excluding carboxylic acids is 2. The van der Waals surface area contributed by atoms with Crippen LogP contribution >= 0.6 is 11.6 Å². The first-order chi connectivity index (χ1) is 19.8. The molecule has 0 spiro atoms. The average molecular weight is 584 g/mol. The maximum absolute atomic E-state index is 13.8. The fourth-order valence-corrected chi connectivity index (χ4v) is 5.25. The summed E-state index contributed by atoms with van der Waals surface area (Å²) in [5.41, 5.74) is 2.84. The number of aromatic nitrogens is 2. The lowest BCUT2D eigenvalue weighted by Gasteiger charge is -2.27. The molecule has 10 nitrogen and oxygen atoms in total. The van der Waals surface area contributed by atoms with Crippen LogP contribution in [0.3, 0.4) is 0 Å². The Hall–Kier alpha value is -3.80. The van der Waals surface area contributed by atoms with Gasteiger partial charge in [-0.3, -0.25) is 9.59 Å². The van der Waals surface area contributed by atoms with Crippen molar-refractivity contribution < 1.29 is 28.6 Å². The Kier molecular flexibility index (Phi) is 8.67. The number of amides is 2. The number of methoxy groups -OCH3 is 1. The monoisotopic (exact) mass is 583 g/mol. The molecule has 1 aromatic heterocycles. The molecule has 3 N–H and O–H groups in total. The van der Waals surface area contributed by atoms with Crippen LogP contribution in [0, 0.1) is 5.82 Å². The molecule has 2 aliphatic heterocycles. The predicted octanol–water partition coefficient (Wildman–Crippen LogP) is 3.73. The molecular formula is C29H31ClFN5O5. The number of benzene rings is 2. The minimum absolute atomic E-state index is 0.0542. The molecule has 1 fully saturated rings. The van der Waals surface area contributed by atoms with Gasteiger partial charge in [-0.2, -0.15) is 0 Å². The van der Waals surface area contributed by atoms with Crippen molar-refractivity contribution in [1.82, 2.24) is 20.2 Å². The lowest BCUT2D eigenvalue weighted by molar-refractivity contribution is -0.127. The number of nitrogens with one attached hydrogen (secondary N) is 2. The van der Waals surface area contributed by atoms with E-state index in [4.69, 9.17) is 21.1 Å². The normalized spacial score (nSPS) is 16.7. The van der Waals surface area contributed by atoms with Gasteiger partial charge in [0.05, 0.1) is 36.7 Å². The Morgan fingerprint density at radius 3 is 2.78 bits per heavy atom. The molecule has 0 saturated carbocycles. The van der Waals surface area contributed by atoms with E-state index < -0.39 is 36.3 Å². The topological polar surface area (TPSA) is 126 Å². The first kappa shape index (κ1) is 28.7. The van der Waals surface area contributed by atoms with E-state index in [1.807, 2.05) is 6.07 Å². The fourth-order valence-electron chi connectivity index (χ4n) is 5.05. The number of fused-ring (bicyclic) bond motifs is 1. The van der Waals surface area contributed by atoms with E-state index in [1.54, 1.807) is 19.1 Å². The van der Waals surface area contributed by atoms with E-state index in [0.717, 1.165) is 12.8 Å². The van der Waals surface area contributed by atoms with Gasteiger partial charge in [0.1, 0.15) is 6.04 Å². The number of ether oxygens (including phenoxy) is 2. The molecular weight excluding hydrogens is 553 g/mol. The zero-order chi connectivity index (χ0) is 29.1. The highest BCUT2D eigenvalue weighted by Crippen LogP contribution is 2.33. The van der Waals surface area contributed by atoms with Gasteiger partial charge in [-0.05, 0) is 49.1 Å². The molecule has 5 rings (SSSR count). The number of hydrogen-bond donors (Lipinski definition) is 3. The molecule has 2 atom stereocenters. The third-order valence-corrected chi connectivity index (χ3v) is 7.68. The summed E-state index contributed by atoms with van der Waals surface area (Å²) in [5, 5.41) is 16.6. The Bertz CT molecular complexity index is 1450. The van der Waals surface area contributed by atoms with E-state index in [9.17, 15) is 19.1 Å². The molecule has 0 unspecified atom stereocenters. The summed E-state index contributed by atoms with van der Waals surface area (Å²) >= 11 is 6.45. The van der Waals surface area contributed by atoms with Crippen molar-refractivity contribution in [3.63, 3.8) is 0 Å². The van der Waals surface area contributed by atoms with Crippen molar-refractivity contribution in [2.24, 2.45) is 0 Å². The summed E-state index contributed by atoms with van der Waals surface area (Å²) in [5.74, 6) is -0.948. The molecule has 3 aromatic rings. The molecule has 0 bridgehead atoms. The third-order valence-electron chi connectivity index (χ3n) is 7.40. The van der Waals surface area contributed by atoms with Crippen LogP contribution in [0.5, 0.6) is 5.75 Å². The number of rotatable bonds is 9. The smallest absolute Gasteiger partial charge is 0.255 e. The van der Waals surface area contributed by atoms with Gasteiger partial charge in [-0.1, -0.05) is 29.8 Å². The number of aliphatic hydroxyl groups excluding tert-OH is 1. The summed E-state index contributed by atoms with van der Waals surface area (Å²) in [6.45, 7) is 2.65. The van der Waals surface area contributed by atoms with E-state index in [-0.39, 0.29) is 18.3 Å². The van der Waals surface area contributed by atoms with Crippen molar-refractivity contribution in [2.45, 2.75) is 44.4 Å². The van der Waals surface area contributed by atoms with Gasteiger partial charge in [-0.25, -0.2) is 14.4 Å². The predicted molar refractivity (Wildman–Crippen MR) is 150 cm³/mol. The molecule has 0 aliphatic carbocycles. The first-order valence-corrected chi connectivity index (χ1v) is 13.7. The molecule has 1 saturated heterocycles. The van der Waals surface area contributed by atoms with Gasteiger partial charge >= 0.3 is 0 Å². The van der Waals surface area contributed by atoms with Crippen LogP contribution in [0.4, 0.5) is 10.3 Å². The number of anilines is 1. The molecule has 41 heavy (non-hydrogen) atoms. The molecule has 2 amide bonds. The Morgan fingerprint density at radius 2 is 2.05 bits per heavy atom. The molecule has 12 heteroatoms. The zero-order valence-electron chi connectivity index (χ0n) is 22.7. The first-order valence-electron chi connectivity index (χ1n) is 13.3. The maximum Gasteiger partial charge on any atom is 0.255 e. The highest BCUT2D eigenvalue weighted by molar-refractivity contribution is 6.33. The SMILES string of the molecule is COc1cc([C@@H](C)NC(=O)[C@@H](CO)N2Cc3ccc(-c4nc(NC5CCOCC5)ncc4Cl)cc3C2=O)ccc1F. The van der Waals surface area contributed by atoms with E-state index in [2.05, 4.69) is 20.6 Å². The van der Waals surface area contributed by atoms with Crippen LogP contribution in [0.1, 0.15) is 47.3 Å². The molecule has 2 aromatic carbocycles. The Balaban J connectivity index is 1.32. The van der Waals surface area contributed by atoms with Crippen LogP contribution in [0.15, 0.2) is 42.6 Å². The second kappa shape index (κ2) is 12.4. The second-order valence-electron chi connectivity index (χ2n) is 10.0. The summed E-state index contributed by atoms with van der Waals surface area (Å²) in [4.78, 5) is 36.9. The Labute approximate surface area is 241 Å². The van der Waals surface area contributed by atoms with Gasteiger partial charge < -0.3 is 30.1 Å². The fraction of sp³-hybridized carbons (Fsp3) is 0.379. The van der Waals surface area contributed by atoms with Crippen molar-refractivity contribution in [3.8, 4) is 17.0 Å². The van der Waals surface area contributed by atoms with Crippen LogP contribution in [0.2, 0.25) is 5.02 Å². The van der Waals surface area contributed by atoms with Gasteiger partial charge in [0.2, 0.25) is 11.9 Å². The highest BCUT2D eigenvalue weighted by Gasteiger charge is 2.37. The van der Waals surface area contributed by atoms with E-state index in [0.29, 0.717) is 52.1 Å². The van der Waals surface area contributed by atoms with Crippen LogP contribution in [-0.4, -0.2) is 70.8 Å². The molecule has 2 aliphatic rings. The van der Waals surface area contributed by atoms with Crippen molar-refractivity contribution in [3.05, 3.63) is 70.1 Å². The van der Waals surface area contributed by atoms with Crippen LogP contribution in [-0.2, 0) is 16.1 Å².